The molecule has 2 aromatic rings. The highest BCUT2D eigenvalue weighted by Gasteiger charge is 2.13. The second kappa shape index (κ2) is 8.33. The summed E-state index contributed by atoms with van der Waals surface area (Å²) in [4.78, 5) is 20.5. The van der Waals surface area contributed by atoms with Crippen molar-refractivity contribution in [3.05, 3.63) is 32.2 Å². The van der Waals surface area contributed by atoms with E-state index in [9.17, 15) is 4.79 Å². The van der Waals surface area contributed by atoms with Gasteiger partial charge in [-0.15, -0.1) is 11.3 Å². The van der Waals surface area contributed by atoms with E-state index >= 15 is 0 Å². The number of carbonyl (C=O) groups excluding carboxylic acids is 1. The first-order valence-electron chi connectivity index (χ1n) is 7.06. The molecule has 0 spiro atoms. The first-order chi connectivity index (χ1) is 11.0. The van der Waals surface area contributed by atoms with Crippen molar-refractivity contribution in [3.63, 3.8) is 0 Å². The van der Waals surface area contributed by atoms with E-state index in [0.717, 1.165) is 12.4 Å². The van der Waals surface area contributed by atoms with Crippen LogP contribution in [0.3, 0.4) is 0 Å². The van der Waals surface area contributed by atoms with E-state index in [1.165, 1.54) is 11.3 Å². The molecule has 0 atom stereocenters. The molecule has 0 aromatic carbocycles. The van der Waals surface area contributed by atoms with Crippen molar-refractivity contribution in [2.45, 2.75) is 13.8 Å². The summed E-state index contributed by atoms with van der Waals surface area (Å²) in [6.07, 6.45) is 0. The molecule has 6 nitrogen and oxygen atoms in total. The fraction of sp³-hybridized carbons (Fsp3) is 0.357. The quantitative estimate of drug-likeness (QED) is 0.647. The molecule has 0 radical (unpaired) electrons. The number of aromatic nitrogens is 2. The lowest BCUT2D eigenvalue weighted by molar-refractivity contribution is 0.0956. The molecule has 0 aliphatic heterocycles. The van der Waals surface area contributed by atoms with Gasteiger partial charge in [-0.25, -0.2) is 9.97 Å². The molecule has 0 bridgehead atoms. The molecule has 2 aromatic heterocycles. The van der Waals surface area contributed by atoms with Gasteiger partial charge in [-0.2, -0.15) is 0 Å². The third-order valence-corrected chi connectivity index (χ3v) is 4.30. The van der Waals surface area contributed by atoms with E-state index in [-0.39, 0.29) is 5.91 Å². The minimum Gasteiger partial charge on any atom is -0.370 e. The van der Waals surface area contributed by atoms with Crippen molar-refractivity contribution < 1.29 is 4.79 Å². The fourth-order valence-electron chi connectivity index (χ4n) is 1.89. The van der Waals surface area contributed by atoms with Gasteiger partial charge in [0.1, 0.15) is 21.8 Å². The Morgan fingerprint density at radius 1 is 1.17 bits per heavy atom. The molecule has 2 rings (SSSR count). The third-order valence-electron chi connectivity index (χ3n) is 2.81. The second-order valence-electron chi connectivity index (χ2n) is 4.64. The molecule has 0 aliphatic rings. The molecule has 9 heteroatoms. The van der Waals surface area contributed by atoms with Crippen LogP contribution in [-0.4, -0.2) is 35.5 Å². The van der Waals surface area contributed by atoms with Crippen molar-refractivity contribution >= 4 is 52.1 Å². The Morgan fingerprint density at radius 2 is 1.87 bits per heavy atom. The standard InChI is InChI=1S/C14H17Cl2N5OS/c1-3-17-11-7-12(21-8(2)20-11)18-4-5-19-14(22)9-6-10(15)23-13(9)16/h6-7H,3-5H2,1-2H3,(H,19,22)(H2,17,18,20,21). The summed E-state index contributed by atoms with van der Waals surface area (Å²) in [5.74, 6) is 1.91. The van der Waals surface area contributed by atoms with Crippen LogP contribution in [0, 0.1) is 6.92 Å². The van der Waals surface area contributed by atoms with Gasteiger partial charge >= 0.3 is 0 Å². The van der Waals surface area contributed by atoms with Gasteiger partial charge in [0.15, 0.2) is 0 Å². The minimum absolute atomic E-state index is 0.243. The number of halogens is 2. The van der Waals surface area contributed by atoms with Crippen molar-refractivity contribution in [2.24, 2.45) is 0 Å². The molecule has 0 aliphatic carbocycles. The number of rotatable bonds is 7. The van der Waals surface area contributed by atoms with E-state index in [1.807, 2.05) is 19.9 Å². The van der Waals surface area contributed by atoms with Crippen LogP contribution >= 0.6 is 34.5 Å². The van der Waals surface area contributed by atoms with E-state index in [2.05, 4.69) is 25.9 Å². The molecule has 0 saturated carbocycles. The smallest absolute Gasteiger partial charge is 0.253 e. The van der Waals surface area contributed by atoms with Crippen molar-refractivity contribution in [2.75, 3.05) is 30.3 Å². The Morgan fingerprint density at radius 3 is 2.48 bits per heavy atom. The van der Waals surface area contributed by atoms with Gasteiger partial charge in [-0.3, -0.25) is 4.79 Å². The largest absolute Gasteiger partial charge is 0.370 e. The summed E-state index contributed by atoms with van der Waals surface area (Å²) >= 11 is 12.9. The van der Waals surface area contributed by atoms with Gasteiger partial charge in [-0.1, -0.05) is 23.2 Å². The number of thiophene rings is 1. The van der Waals surface area contributed by atoms with Crippen LogP contribution in [0.1, 0.15) is 23.1 Å². The van der Waals surface area contributed by atoms with Crippen LogP contribution in [0.15, 0.2) is 12.1 Å². The molecule has 0 unspecified atom stereocenters. The van der Waals surface area contributed by atoms with Gasteiger partial charge in [0, 0.05) is 25.7 Å². The van der Waals surface area contributed by atoms with Crippen LogP contribution in [0.5, 0.6) is 0 Å². The zero-order valence-electron chi connectivity index (χ0n) is 12.7. The second-order valence-corrected chi connectivity index (χ2v) is 6.92. The Bertz CT molecular complexity index is 692. The summed E-state index contributed by atoms with van der Waals surface area (Å²) in [5.41, 5.74) is 0.397. The SMILES string of the molecule is CCNc1cc(NCCNC(=O)c2cc(Cl)sc2Cl)nc(C)n1. The molecule has 2 heterocycles. The number of aryl methyl sites for hydroxylation is 1. The van der Waals surface area contributed by atoms with Gasteiger partial charge in [0.25, 0.3) is 5.91 Å². The summed E-state index contributed by atoms with van der Waals surface area (Å²) in [7, 11) is 0. The highest BCUT2D eigenvalue weighted by Crippen LogP contribution is 2.30. The molecular weight excluding hydrogens is 357 g/mol. The predicted octanol–water partition coefficient (Wildman–Crippen LogP) is 3.43. The van der Waals surface area contributed by atoms with Crippen molar-refractivity contribution in [1.29, 1.82) is 0 Å². The van der Waals surface area contributed by atoms with E-state index in [1.54, 1.807) is 6.07 Å². The minimum atomic E-state index is -0.243. The number of nitrogens with one attached hydrogen (secondary N) is 3. The first kappa shape index (κ1) is 17.8. The fourth-order valence-corrected chi connectivity index (χ4v) is 3.35. The van der Waals surface area contributed by atoms with Crippen LogP contribution in [-0.2, 0) is 0 Å². The lowest BCUT2D eigenvalue weighted by Crippen LogP contribution is -2.28. The topological polar surface area (TPSA) is 78.9 Å². The molecular formula is C14H17Cl2N5OS. The normalized spacial score (nSPS) is 10.4. The van der Waals surface area contributed by atoms with Gasteiger partial charge in [0.05, 0.1) is 9.90 Å². The number of nitrogens with zero attached hydrogens (tertiary/aromatic N) is 2. The van der Waals surface area contributed by atoms with Gasteiger partial charge < -0.3 is 16.0 Å². The van der Waals surface area contributed by atoms with Crippen LogP contribution in [0.2, 0.25) is 8.67 Å². The summed E-state index contributed by atoms with van der Waals surface area (Å²) in [5, 5.41) is 9.07. The monoisotopic (exact) mass is 373 g/mol. The van der Waals surface area contributed by atoms with E-state index in [4.69, 9.17) is 23.2 Å². The zero-order valence-corrected chi connectivity index (χ0v) is 15.1. The molecule has 0 fully saturated rings. The van der Waals surface area contributed by atoms with Crippen molar-refractivity contribution in [3.8, 4) is 0 Å². The summed E-state index contributed by atoms with van der Waals surface area (Å²) in [6, 6.07) is 3.39. The van der Waals surface area contributed by atoms with E-state index in [0.29, 0.717) is 39.0 Å². The Hall–Kier alpha value is -1.57. The van der Waals surface area contributed by atoms with Crippen LogP contribution in [0.4, 0.5) is 11.6 Å². The molecule has 0 saturated heterocycles. The maximum Gasteiger partial charge on any atom is 0.253 e. The van der Waals surface area contributed by atoms with Crippen molar-refractivity contribution in [1.82, 2.24) is 15.3 Å². The molecule has 124 valence electrons. The predicted molar refractivity (Wildman–Crippen MR) is 96.1 cm³/mol. The summed E-state index contributed by atoms with van der Waals surface area (Å²) in [6.45, 7) is 5.58. The maximum atomic E-state index is 12.0. The van der Waals surface area contributed by atoms with Crippen LogP contribution in [0.25, 0.3) is 0 Å². The first-order valence-corrected chi connectivity index (χ1v) is 8.63. The average Bonchev–Trinajstić information content (AvgIpc) is 2.82. The molecule has 23 heavy (non-hydrogen) atoms. The lowest BCUT2D eigenvalue weighted by Gasteiger charge is -2.10. The number of hydrogen-bond acceptors (Lipinski definition) is 6. The number of amides is 1. The Balaban J connectivity index is 1.83. The number of anilines is 2. The highest BCUT2D eigenvalue weighted by atomic mass is 35.5. The maximum absolute atomic E-state index is 12.0. The number of carbonyl (C=O) groups is 1. The zero-order chi connectivity index (χ0) is 16.8. The van der Waals surface area contributed by atoms with Crippen LogP contribution < -0.4 is 16.0 Å². The van der Waals surface area contributed by atoms with Gasteiger partial charge in [-0.05, 0) is 19.9 Å². The molecule has 3 N–H and O–H groups in total. The summed E-state index contributed by atoms with van der Waals surface area (Å²) < 4.78 is 0.882. The highest BCUT2D eigenvalue weighted by molar-refractivity contribution is 7.20. The average molecular weight is 374 g/mol. The van der Waals surface area contributed by atoms with E-state index < -0.39 is 0 Å². The third kappa shape index (κ3) is 5.23. The lowest BCUT2D eigenvalue weighted by atomic mass is 10.3. The van der Waals surface area contributed by atoms with Gasteiger partial charge in [0.2, 0.25) is 0 Å². The Kier molecular flexibility index (Phi) is 6.44. The Labute approximate surface area is 148 Å². The molecule has 1 amide bonds. The number of hydrogen-bond donors (Lipinski definition) is 3.